The van der Waals surface area contributed by atoms with Crippen LogP contribution in [0.2, 0.25) is 0 Å². The number of fused-ring (bicyclic) bond motifs is 2. The molecule has 4 rings (SSSR count). The molecule has 0 radical (unpaired) electrons. The molecule has 0 saturated heterocycles. The summed E-state index contributed by atoms with van der Waals surface area (Å²) in [5.74, 6) is 1.10. The lowest BCUT2D eigenvalue weighted by Crippen LogP contribution is -2.29. The zero-order valence-corrected chi connectivity index (χ0v) is 19.1. The zero-order chi connectivity index (χ0) is 21.3. The highest BCUT2D eigenvalue weighted by Crippen LogP contribution is 2.30. The lowest BCUT2D eigenvalue weighted by atomic mass is 10.0. The maximum atomic E-state index is 12.7. The van der Waals surface area contributed by atoms with Gasteiger partial charge in [0.1, 0.15) is 5.75 Å². The fourth-order valence-corrected chi connectivity index (χ4v) is 5.20. The number of nitrogens with zero attached hydrogens (tertiary/aromatic N) is 2. The molecule has 0 atom stereocenters. The molecule has 2 aromatic carbocycles. The van der Waals surface area contributed by atoms with Crippen molar-refractivity contribution in [2.75, 3.05) is 33.8 Å². The number of carbonyl (C=O) groups is 1. The van der Waals surface area contributed by atoms with Crippen LogP contribution in [0.4, 0.5) is 0 Å². The molecule has 3 aromatic rings. The minimum atomic E-state index is 0.191. The van der Waals surface area contributed by atoms with Gasteiger partial charge in [-0.25, -0.2) is 0 Å². The zero-order valence-electron chi connectivity index (χ0n) is 18.3. The number of hydrogen-bond donors (Lipinski definition) is 0. The summed E-state index contributed by atoms with van der Waals surface area (Å²) in [6, 6.07) is 10.5. The number of likely N-dealkylation sites (N-methyl/N-ethyl adjacent to an activating group) is 1. The Morgan fingerprint density at radius 3 is 2.73 bits per heavy atom. The summed E-state index contributed by atoms with van der Waals surface area (Å²) in [5.41, 5.74) is 5.94. The molecule has 5 heteroatoms. The number of ether oxygens (including phenoxy) is 1. The first-order valence-corrected chi connectivity index (χ1v) is 11.5. The third kappa shape index (κ3) is 4.23. The number of hydrogen-bond acceptors (Lipinski definition) is 4. The van der Waals surface area contributed by atoms with Crippen molar-refractivity contribution in [3.05, 3.63) is 63.5 Å². The van der Waals surface area contributed by atoms with E-state index >= 15 is 0 Å². The Kier molecular flexibility index (Phi) is 6.11. The van der Waals surface area contributed by atoms with Gasteiger partial charge >= 0.3 is 0 Å². The van der Waals surface area contributed by atoms with Crippen molar-refractivity contribution in [3.63, 3.8) is 0 Å². The summed E-state index contributed by atoms with van der Waals surface area (Å²) >= 11 is 1.78. The van der Waals surface area contributed by atoms with Crippen LogP contribution < -0.4 is 4.74 Å². The Balaban J connectivity index is 1.26. The standard InChI is InChI=1S/C25H30N2O2S/c1-17-12-20-15-27(25(28)23(20)13-18(17)2)10-5-9-26(3)11-8-19-16-30-24-14-21(29-4)6-7-22(19)24/h6-7,12-14,16H,5,8-11,15H2,1-4H3. The number of rotatable bonds is 8. The molecule has 158 valence electrons. The van der Waals surface area contributed by atoms with Gasteiger partial charge in [-0.15, -0.1) is 11.3 Å². The summed E-state index contributed by atoms with van der Waals surface area (Å²) in [7, 11) is 3.88. The first-order chi connectivity index (χ1) is 14.5. The van der Waals surface area contributed by atoms with E-state index in [-0.39, 0.29) is 5.91 Å². The van der Waals surface area contributed by atoms with E-state index in [4.69, 9.17) is 4.74 Å². The van der Waals surface area contributed by atoms with Crippen molar-refractivity contribution >= 4 is 27.3 Å². The molecule has 1 aromatic heterocycles. The lowest BCUT2D eigenvalue weighted by Gasteiger charge is -2.20. The average molecular weight is 423 g/mol. The number of benzene rings is 2. The van der Waals surface area contributed by atoms with E-state index in [0.29, 0.717) is 0 Å². The SMILES string of the molecule is COc1ccc2c(CCN(C)CCCN3Cc4cc(C)c(C)cc4C3=O)csc2c1. The second kappa shape index (κ2) is 8.78. The van der Waals surface area contributed by atoms with Crippen LogP contribution >= 0.6 is 11.3 Å². The van der Waals surface area contributed by atoms with Crippen LogP contribution in [0.3, 0.4) is 0 Å². The monoisotopic (exact) mass is 422 g/mol. The fraction of sp³-hybridized carbons (Fsp3) is 0.400. The topological polar surface area (TPSA) is 32.8 Å². The molecule has 1 aliphatic heterocycles. The average Bonchev–Trinajstić information content (AvgIpc) is 3.27. The fourth-order valence-electron chi connectivity index (χ4n) is 4.17. The molecule has 0 fully saturated rings. The van der Waals surface area contributed by atoms with Crippen LogP contribution in [0.5, 0.6) is 5.75 Å². The highest BCUT2D eigenvalue weighted by atomic mass is 32.1. The van der Waals surface area contributed by atoms with E-state index < -0.39 is 0 Å². The van der Waals surface area contributed by atoms with E-state index in [0.717, 1.165) is 50.3 Å². The molecule has 2 heterocycles. The van der Waals surface area contributed by atoms with Crippen molar-refractivity contribution in [3.8, 4) is 5.75 Å². The summed E-state index contributed by atoms with van der Waals surface area (Å²) in [6.07, 6.45) is 2.03. The van der Waals surface area contributed by atoms with Gasteiger partial charge in [0.05, 0.1) is 7.11 Å². The van der Waals surface area contributed by atoms with E-state index in [1.807, 2.05) is 11.0 Å². The molecule has 30 heavy (non-hydrogen) atoms. The summed E-state index contributed by atoms with van der Waals surface area (Å²) < 4.78 is 6.61. The molecular formula is C25H30N2O2S. The minimum Gasteiger partial charge on any atom is -0.497 e. The Hall–Kier alpha value is -2.37. The van der Waals surface area contributed by atoms with Gasteiger partial charge in [-0.05, 0) is 97.6 Å². The van der Waals surface area contributed by atoms with Crippen LogP contribution in [0.25, 0.3) is 10.1 Å². The highest BCUT2D eigenvalue weighted by molar-refractivity contribution is 7.17. The van der Waals surface area contributed by atoms with Crippen molar-refractivity contribution in [2.24, 2.45) is 0 Å². The molecular weight excluding hydrogens is 392 g/mol. The molecule has 0 N–H and O–H groups in total. The maximum Gasteiger partial charge on any atom is 0.254 e. The number of thiophene rings is 1. The van der Waals surface area contributed by atoms with E-state index in [2.05, 4.69) is 55.4 Å². The molecule has 0 spiro atoms. The van der Waals surface area contributed by atoms with Crippen LogP contribution in [0.1, 0.15) is 39.0 Å². The summed E-state index contributed by atoms with van der Waals surface area (Å²) in [4.78, 5) is 17.1. The van der Waals surface area contributed by atoms with Gasteiger partial charge in [0.25, 0.3) is 5.91 Å². The molecule has 1 amide bonds. The van der Waals surface area contributed by atoms with Crippen molar-refractivity contribution < 1.29 is 9.53 Å². The second-order valence-corrected chi connectivity index (χ2v) is 9.26. The highest BCUT2D eigenvalue weighted by Gasteiger charge is 2.27. The quantitative estimate of drug-likeness (QED) is 0.509. The minimum absolute atomic E-state index is 0.191. The van der Waals surface area contributed by atoms with Crippen LogP contribution in [0, 0.1) is 13.8 Å². The predicted octanol–water partition coefficient (Wildman–Crippen LogP) is 5.05. The Morgan fingerprint density at radius 1 is 1.13 bits per heavy atom. The largest absolute Gasteiger partial charge is 0.497 e. The predicted molar refractivity (Wildman–Crippen MR) is 125 cm³/mol. The van der Waals surface area contributed by atoms with E-state index in [1.165, 1.54) is 32.3 Å². The van der Waals surface area contributed by atoms with E-state index in [9.17, 15) is 4.79 Å². The second-order valence-electron chi connectivity index (χ2n) is 8.35. The van der Waals surface area contributed by atoms with Crippen molar-refractivity contribution in [2.45, 2.75) is 33.2 Å². The molecule has 0 saturated carbocycles. The summed E-state index contributed by atoms with van der Waals surface area (Å²) in [6.45, 7) is 7.78. The number of methoxy groups -OCH3 is 1. The van der Waals surface area contributed by atoms with Gasteiger partial charge in [0.2, 0.25) is 0 Å². The van der Waals surface area contributed by atoms with Crippen LogP contribution in [0.15, 0.2) is 35.7 Å². The van der Waals surface area contributed by atoms with Crippen LogP contribution in [-0.4, -0.2) is 49.5 Å². The van der Waals surface area contributed by atoms with Crippen LogP contribution in [-0.2, 0) is 13.0 Å². The third-order valence-corrected chi connectivity index (χ3v) is 7.19. The molecule has 0 unspecified atom stereocenters. The van der Waals surface area contributed by atoms with Gasteiger partial charge in [0.15, 0.2) is 0 Å². The smallest absolute Gasteiger partial charge is 0.254 e. The molecule has 4 nitrogen and oxygen atoms in total. The van der Waals surface area contributed by atoms with Gasteiger partial charge in [-0.2, -0.15) is 0 Å². The number of carbonyl (C=O) groups excluding carboxylic acids is 1. The number of amides is 1. The third-order valence-electron chi connectivity index (χ3n) is 6.19. The van der Waals surface area contributed by atoms with Gasteiger partial charge in [-0.1, -0.05) is 6.07 Å². The normalized spacial score (nSPS) is 13.5. The Bertz CT molecular complexity index is 1070. The summed E-state index contributed by atoms with van der Waals surface area (Å²) in [5, 5.41) is 3.60. The first-order valence-electron chi connectivity index (χ1n) is 10.6. The maximum absolute atomic E-state index is 12.7. The Morgan fingerprint density at radius 2 is 1.93 bits per heavy atom. The Labute approximate surface area is 183 Å². The van der Waals surface area contributed by atoms with Gasteiger partial charge in [0, 0.05) is 29.9 Å². The molecule has 1 aliphatic rings. The molecule has 0 bridgehead atoms. The first kappa shape index (κ1) is 20.9. The van der Waals surface area contributed by atoms with Crippen molar-refractivity contribution in [1.29, 1.82) is 0 Å². The lowest BCUT2D eigenvalue weighted by molar-refractivity contribution is 0.0772. The van der Waals surface area contributed by atoms with Crippen molar-refractivity contribution in [1.82, 2.24) is 9.80 Å². The number of aryl methyl sites for hydroxylation is 2. The van der Waals surface area contributed by atoms with E-state index in [1.54, 1.807) is 18.4 Å². The van der Waals surface area contributed by atoms with Gasteiger partial charge < -0.3 is 14.5 Å². The molecule has 0 aliphatic carbocycles. The van der Waals surface area contributed by atoms with Gasteiger partial charge in [-0.3, -0.25) is 4.79 Å².